The number of ether oxygens (including phenoxy) is 1. The predicted octanol–water partition coefficient (Wildman–Crippen LogP) is 2.73. The van der Waals surface area contributed by atoms with E-state index in [9.17, 15) is 10.2 Å². The molecular weight excluding hydrogens is 264 g/mol. The second-order valence-corrected chi connectivity index (χ2v) is 7.80. The largest absolute Gasteiger partial charge is 0.508 e. The molecule has 3 heteroatoms. The molecule has 1 saturated heterocycles. The van der Waals surface area contributed by atoms with Gasteiger partial charge < -0.3 is 14.9 Å². The molecule has 1 aliphatic heterocycles. The van der Waals surface area contributed by atoms with Gasteiger partial charge in [0.1, 0.15) is 11.4 Å². The summed E-state index contributed by atoms with van der Waals surface area (Å²) < 4.78 is 6.29. The number of aliphatic hydroxyl groups is 1. The molecule has 0 unspecified atom stereocenters. The molecule has 1 spiro atoms. The fraction of sp³-hybridized carbons (Fsp3) is 0.667. The highest BCUT2D eigenvalue weighted by atomic mass is 16.6. The summed E-state index contributed by atoms with van der Waals surface area (Å²) in [5.74, 6) is 1.47. The number of aromatic hydroxyl groups is 1. The van der Waals surface area contributed by atoms with E-state index in [0.717, 1.165) is 32.1 Å². The van der Waals surface area contributed by atoms with Crippen LogP contribution in [0.3, 0.4) is 0 Å². The minimum atomic E-state index is -0.161. The quantitative estimate of drug-likeness (QED) is 0.721. The van der Waals surface area contributed by atoms with Crippen LogP contribution >= 0.6 is 0 Å². The normalized spacial score (nSPS) is 49.8. The van der Waals surface area contributed by atoms with Crippen molar-refractivity contribution in [3.05, 3.63) is 29.3 Å². The third-order valence-electron chi connectivity index (χ3n) is 7.01. The van der Waals surface area contributed by atoms with Gasteiger partial charge in [0.25, 0.3) is 0 Å². The minimum absolute atomic E-state index is 0.0454. The molecule has 3 aliphatic carbocycles. The van der Waals surface area contributed by atoms with Gasteiger partial charge in [-0.2, -0.15) is 0 Å². The Kier molecular flexibility index (Phi) is 2.16. The summed E-state index contributed by atoms with van der Waals surface area (Å²) in [4.78, 5) is 0. The van der Waals surface area contributed by atoms with Crippen molar-refractivity contribution in [1.82, 2.24) is 0 Å². The maximum absolute atomic E-state index is 10.5. The molecule has 1 heterocycles. The van der Waals surface area contributed by atoms with E-state index in [0.29, 0.717) is 17.6 Å². The smallest absolute Gasteiger partial charge is 0.123 e. The van der Waals surface area contributed by atoms with Crippen LogP contribution in [-0.2, 0) is 16.8 Å². The van der Waals surface area contributed by atoms with Gasteiger partial charge in [-0.15, -0.1) is 0 Å². The van der Waals surface area contributed by atoms with Crippen LogP contribution in [0.4, 0.5) is 0 Å². The fourth-order valence-electron chi connectivity index (χ4n) is 5.94. The highest BCUT2D eigenvalue weighted by Gasteiger charge is 2.73. The molecule has 6 atom stereocenters. The van der Waals surface area contributed by atoms with Gasteiger partial charge in [-0.3, -0.25) is 0 Å². The number of fused-ring (bicyclic) bond motifs is 3. The molecule has 1 aromatic rings. The van der Waals surface area contributed by atoms with Crippen molar-refractivity contribution < 1.29 is 14.9 Å². The molecule has 2 saturated carbocycles. The van der Waals surface area contributed by atoms with Gasteiger partial charge in [0.15, 0.2) is 0 Å². The van der Waals surface area contributed by atoms with E-state index >= 15 is 0 Å². The molecule has 3 nitrogen and oxygen atoms in total. The molecule has 0 aromatic heterocycles. The van der Waals surface area contributed by atoms with E-state index in [-0.39, 0.29) is 23.2 Å². The Balaban J connectivity index is 1.63. The lowest BCUT2D eigenvalue weighted by atomic mass is 9.55. The lowest BCUT2D eigenvalue weighted by molar-refractivity contribution is -0.0185. The Morgan fingerprint density at radius 2 is 2.05 bits per heavy atom. The van der Waals surface area contributed by atoms with E-state index in [2.05, 4.69) is 13.0 Å². The second kappa shape index (κ2) is 3.64. The molecule has 112 valence electrons. The lowest BCUT2D eigenvalue weighted by Gasteiger charge is -2.47. The number of phenolic OH excluding ortho intramolecular Hbond substituents is 1. The van der Waals surface area contributed by atoms with Crippen molar-refractivity contribution in [3.8, 4) is 5.75 Å². The molecule has 3 fully saturated rings. The number of benzene rings is 1. The Morgan fingerprint density at radius 3 is 2.90 bits per heavy atom. The van der Waals surface area contributed by atoms with Gasteiger partial charge in [0.05, 0.1) is 12.2 Å². The summed E-state index contributed by atoms with van der Waals surface area (Å²) >= 11 is 0. The number of aryl methyl sites for hydroxylation is 1. The Hall–Kier alpha value is -1.06. The maximum Gasteiger partial charge on any atom is 0.123 e. The summed E-state index contributed by atoms with van der Waals surface area (Å²) in [6, 6.07) is 5.78. The topological polar surface area (TPSA) is 53.0 Å². The van der Waals surface area contributed by atoms with Crippen molar-refractivity contribution in [1.29, 1.82) is 0 Å². The molecule has 2 N–H and O–H groups in total. The lowest BCUT2D eigenvalue weighted by Crippen LogP contribution is -2.48. The van der Waals surface area contributed by atoms with Gasteiger partial charge in [0, 0.05) is 0 Å². The number of rotatable bonds is 0. The summed E-state index contributed by atoms with van der Waals surface area (Å²) in [6.07, 6.45) is 5.31. The molecule has 0 bridgehead atoms. The minimum Gasteiger partial charge on any atom is -0.508 e. The average molecular weight is 286 g/mol. The Bertz CT molecular complexity index is 627. The molecule has 1 aromatic carbocycles. The van der Waals surface area contributed by atoms with E-state index in [1.165, 1.54) is 11.1 Å². The fourth-order valence-corrected chi connectivity index (χ4v) is 5.94. The third kappa shape index (κ3) is 1.33. The highest BCUT2D eigenvalue weighted by Crippen LogP contribution is 2.71. The average Bonchev–Trinajstić information content (AvgIpc) is 3.07. The number of phenols is 1. The van der Waals surface area contributed by atoms with Crippen LogP contribution in [0.2, 0.25) is 0 Å². The second-order valence-electron chi connectivity index (χ2n) is 7.80. The van der Waals surface area contributed by atoms with E-state index < -0.39 is 0 Å². The SMILES string of the molecule is C[C@@]12C[C@H]3O[C@]34c3ccc(O)cc3CC[C@@H]4[C@@H]1CC[C@@H]2O. The first-order chi connectivity index (χ1) is 10.1. The molecule has 4 aliphatic rings. The van der Waals surface area contributed by atoms with Crippen molar-refractivity contribution in [2.24, 2.45) is 17.3 Å². The zero-order valence-electron chi connectivity index (χ0n) is 12.4. The van der Waals surface area contributed by atoms with Crippen molar-refractivity contribution in [3.63, 3.8) is 0 Å². The Morgan fingerprint density at radius 1 is 1.19 bits per heavy atom. The summed E-state index contributed by atoms with van der Waals surface area (Å²) in [6.45, 7) is 2.27. The maximum atomic E-state index is 10.5. The van der Waals surface area contributed by atoms with E-state index in [4.69, 9.17) is 4.74 Å². The number of aliphatic hydroxyl groups excluding tert-OH is 1. The first kappa shape index (κ1) is 12.5. The molecule has 0 amide bonds. The van der Waals surface area contributed by atoms with E-state index in [1.807, 2.05) is 6.07 Å². The van der Waals surface area contributed by atoms with Crippen LogP contribution in [0, 0.1) is 17.3 Å². The number of epoxide rings is 1. The van der Waals surface area contributed by atoms with Crippen LogP contribution in [0.5, 0.6) is 5.75 Å². The van der Waals surface area contributed by atoms with Crippen LogP contribution in [0.25, 0.3) is 0 Å². The zero-order chi connectivity index (χ0) is 14.4. The zero-order valence-corrected chi connectivity index (χ0v) is 12.4. The van der Waals surface area contributed by atoms with Crippen LogP contribution in [0.15, 0.2) is 18.2 Å². The summed E-state index contributed by atoms with van der Waals surface area (Å²) in [5, 5.41) is 20.2. The van der Waals surface area contributed by atoms with Crippen molar-refractivity contribution in [2.75, 3.05) is 0 Å². The molecule has 5 rings (SSSR count). The summed E-state index contributed by atoms with van der Waals surface area (Å²) in [7, 11) is 0. The standard InChI is InChI=1S/C18H22O3/c1-17-9-16-18(21-16)12-5-3-11(19)8-10(12)2-4-14(18)13(17)6-7-15(17)20/h3,5,8,13-16,19-20H,2,4,6-7,9H2,1H3/t13-,14+,15-,16+,17+,18-/m0/s1. The first-order valence-electron chi connectivity index (χ1n) is 8.24. The van der Waals surface area contributed by atoms with Crippen LogP contribution in [0.1, 0.15) is 43.7 Å². The third-order valence-corrected chi connectivity index (χ3v) is 7.01. The van der Waals surface area contributed by atoms with Crippen LogP contribution in [-0.4, -0.2) is 22.4 Å². The van der Waals surface area contributed by atoms with Gasteiger partial charge in [-0.05, 0) is 72.6 Å². The number of hydrogen-bond donors (Lipinski definition) is 2. The van der Waals surface area contributed by atoms with Crippen molar-refractivity contribution in [2.45, 2.75) is 56.8 Å². The molecule has 21 heavy (non-hydrogen) atoms. The Labute approximate surface area is 124 Å². The van der Waals surface area contributed by atoms with Gasteiger partial charge >= 0.3 is 0 Å². The summed E-state index contributed by atoms with van der Waals surface area (Å²) in [5.41, 5.74) is 2.51. The van der Waals surface area contributed by atoms with E-state index in [1.54, 1.807) is 6.07 Å². The monoisotopic (exact) mass is 286 g/mol. The predicted molar refractivity (Wildman–Crippen MR) is 77.9 cm³/mol. The van der Waals surface area contributed by atoms with Crippen molar-refractivity contribution >= 4 is 0 Å². The van der Waals surface area contributed by atoms with Gasteiger partial charge in [-0.25, -0.2) is 0 Å². The highest BCUT2D eigenvalue weighted by molar-refractivity contribution is 5.46. The number of hydrogen-bond acceptors (Lipinski definition) is 3. The van der Waals surface area contributed by atoms with Gasteiger partial charge in [-0.1, -0.05) is 13.0 Å². The van der Waals surface area contributed by atoms with Crippen LogP contribution < -0.4 is 0 Å². The molecule has 0 radical (unpaired) electrons. The first-order valence-corrected chi connectivity index (χ1v) is 8.24. The molecular formula is C18H22O3. The van der Waals surface area contributed by atoms with Gasteiger partial charge in [0.2, 0.25) is 0 Å².